The zero-order valence-corrected chi connectivity index (χ0v) is 4.70. The minimum absolute atomic E-state index is 0.250. The molecule has 0 aliphatic carbocycles. The van der Waals surface area contributed by atoms with Crippen LogP contribution in [0.2, 0.25) is 0 Å². The fourth-order valence-corrected chi connectivity index (χ4v) is 0. The third-order valence-corrected chi connectivity index (χ3v) is 0. The number of carbonyl (C=O) groups is 1. The van der Waals surface area contributed by atoms with Crippen LogP contribution in [0.15, 0.2) is 0 Å². The van der Waals surface area contributed by atoms with Gasteiger partial charge in [0.1, 0.15) is 0 Å². The fourth-order valence-electron chi connectivity index (χ4n) is 0. The molecule has 8 heavy (non-hydrogen) atoms. The van der Waals surface area contributed by atoms with Crippen LogP contribution in [0.5, 0.6) is 0 Å². The van der Waals surface area contributed by atoms with E-state index in [1.54, 1.807) is 0 Å². The van der Waals surface area contributed by atoms with E-state index in [2.05, 4.69) is 0 Å². The summed E-state index contributed by atoms with van der Waals surface area (Å²) in [6, 6.07) is 0. The van der Waals surface area contributed by atoms with Crippen molar-refractivity contribution in [2.75, 3.05) is 0 Å². The van der Waals surface area contributed by atoms with Crippen molar-refractivity contribution in [3.63, 3.8) is 0 Å². The maximum absolute atomic E-state index is 8.80. The summed E-state index contributed by atoms with van der Waals surface area (Å²) in [5.41, 5.74) is 0. The monoisotopic (exact) mass is 167 g/mol. The van der Waals surface area contributed by atoms with Gasteiger partial charge in [-0.05, 0) is 0 Å². The molecule has 0 unspecified atom stereocenters. The second-order valence-electron chi connectivity index (χ2n) is 0.520. The Morgan fingerprint density at radius 1 is 1.25 bits per heavy atom. The summed E-state index contributed by atoms with van der Waals surface area (Å²) < 4.78 is 31.8. The van der Waals surface area contributed by atoms with Crippen molar-refractivity contribution in [1.82, 2.24) is 0 Å². The predicted molar refractivity (Wildman–Crippen MR) is 14.5 cm³/mol. The molecular weight excluding hydrogens is 163 g/mol. The molecule has 51 valence electrons. The van der Waals surface area contributed by atoms with E-state index in [-0.39, 0.29) is 6.47 Å². The van der Waals surface area contributed by atoms with E-state index in [4.69, 9.17) is 25.9 Å². The van der Waals surface area contributed by atoms with Gasteiger partial charge in [-0.2, -0.15) is 0 Å². The Labute approximate surface area is 46.7 Å². The zero-order chi connectivity index (χ0) is 7.21. The predicted octanol–water partition coefficient (Wildman–Crippen LogP) is -1.65. The molecule has 0 aromatic carbocycles. The first-order valence-electron chi connectivity index (χ1n) is 1.14. The van der Waals surface area contributed by atoms with Gasteiger partial charge in [-0.25, -0.2) is 0 Å². The van der Waals surface area contributed by atoms with Gasteiger partial charge in [-0.3, -0.25) is 4.79 Å². The van der Waals surface area contributed by atoms with Gasteiger partial charge in [0.2, 0.25) is 0 Å². The molecule has 0 saturated carbocycles. The SMILES string of the molecule is O=CO.[O]=[Mn](=[O])([OH])[OH]. The molecule has 0 heterocycles. The number of carboxylic acid groups (broad SMARTS) is 1. The van der Waals surface area contributed by atoms with Crippen molar-refractivity contribution >= 4 is 6.47 Å². The Balaban J connectivity index is 0. The van der Waals surface area contributed by atoms with Gasteiger partial charge in [0.15, 0.2) is 0 Å². The second-order valence-corrected chi connectivity index (χ2v) is 1.81. The molecule has 0 atom stereocenters. The summed E-state index contributed by atoms with van der Waals surface area (Å²) in [5.74, 6) is 0. The molecule has 0 spiro atoms. The van der Waals surface area contributed by atoms with Gasteiger partial charge in [-0.1, -0.05) is 0 Å². The molecule has 0 amide bonds. The molecule has 0 aliphatic heterocycles. The van der Waals surface area contributed by atoms with Crippen LogP contribution < -0.4 is 0 Å². The van der Waals surface area contributed by atoms with Gasteiger partial charge in [0, 0.05) is 0 Å². The van der Waals surface area contributed by atoms with E-state index in [0.29, 0.717) is 0 Å². The van der Waals surface area contributed by atoms with Crippen molar-refractivity contribution in [2.24, 2.45) is 0 Å². The summed E-state index contributed by atoms with van der Waals surface area (Å²) in [6.45, 7) is -0.250. The fraction of sp³-hybridized carbons (Fsp3) is 0. The Morgan fingerprint density at radius 2 is 1.25 bits per heavy atom. The van der Waals surface area contributed by atoms with Crippen LogP contribution in [0.3, 0.4) is 0 Å². The van der Waals surface area contributed by atoms with E-state index < -0.39 is 13.4 Å². The topological polar surface area (TPSA) is 112 Å². The van der Waals surface area contributed by atoms with Crippen LogP contribution in [0, 0.1) is 0 Å². The van der Waals surface area contributed by atoms with Gasteiger partial charge in [0.25, 0.3) is 6.47 Å². The molecule has 0 aliphatic rings. The zero-order valence-electron chi connectivity index (χ0n) is 3.52. The normalized spacial score (nSPS) is 8.75. The molecule has 0 fully saturated rings. The molecule has 6 nitrogen and oxygen atoms in total. The Kier molecular flexibility index (Phi) is 6.11. The van der Waals surface area contributed by atoms with E-state index in [0.717, 1.165) is 0 Å². The molecule has 7 heteroatoms. The minimum atomic E-state index is -5.12. The summed E-state index contributed by atoms with van der Waals surface area (Å²) in [7, 11) is 0. The molecule has 0 saturated heterocycles. The second kappa shape index (κ2) is 4.66. The van der Waals surface area contributed by atoms with Crippen LogP contribution in [-0.4, -0.2) is 20.0 Å². The first kappa shape index (κ1) is 10.5. The van der Waals surface area contributed by atoms with Gasteiger partial charge >= 0.3 is 29.4 Å². The van der Waals surface area contributed by atoms with Crippen LogP contribution in [0.1, 0.15) is 0 Å². The van der Waals surface area contributed by atoms with E-state index in [9.17, 15) is 0 Å². The van der Waals surface area contributed by atoms with Crippen molar-refractivity contribution in [1.29, 1.82) is 0 Å². The van der Waals surface area contributed by atoms with Crippen molar-refractivity contribution in [3.05, 3.63) is 0 Å². The maximum atomic E-state index is 8.80. The average molecular weight is 167 g/mol. The summed E-state index contributed by atoms with van der Waals surface area (Å²) in [5, 5.41) is 6.89. The standard InChI is InChI=1S/CH2O2.Mn.2H2O.2O/c2-1-3;;;;;/h1H,(H,2,3);;2*1H2;;/q;+2;;;;/p-2. The number of rotatable bonds is 0. The molecule has 3 N–H and O–H groups in total. The van der Waals surface area contributed by atoms with Gasteiger partial charge in [0.05, 0.1) is 0 Å². The number of hydrogen-bond donors (Lipinski definition) is 3. The van der Waals surface area contributed by atoms with Crippen molar-refractivity contribution < 1.29 is 39.3 Å². The third-order valence-electron chi connectivity index (χ3n) is 0. The molecule has 0 rings (SSSR count). The van der Waals surface area contributed by atoms with E-state index in [1.165, 1.54) is 0 Å². The molecule has 0 radical (unpaired) electrons. The summed E-state index contributed by atoms with van der Waals surface area (Å²) in [4.78, 5) is 8.36. The van der Waals surface area contributed by atoms with Gasteiger partial charge < -0.3 is 5.11 Å². The summed E-state index contributed by atoms with van der Waals surface area (Å²) >= 11 is -5.12. The van der Waals surface area contributed by atoms with Crippen LogP contribution in [0.4, 0.5) is 0 Å². The summed E-state index contributed by atoms with van der Waals surface area (Å²) in [6.07, 6.45) is 0. The molecule has 0 aromatic heterocycles. The molecule has 0 aromatic rings. The van der Waals surface area contributed by atoms with Gasteiger partial charge in [-0.15, -0.1) is 0 Å². The van der Waals surface area contributed by atoms with Crippen molar-refractivity contribution in [2.45, 2.75) is 0 Å². The van der Waals surface area contributed by atoms with Crippen molar-refractivity contribution in [3.8, 4) is 0 Å². The molecular formula is CH4MnO6. The first-order chi connectivity index (χ1) is 3.41. The van der Waals surface area contributed by atoms with Crippen LogP contribution in [0.25, 0.3) is 0 Å². The van der Waals surface area contributed by atoms with E-state index >= 15 is 0 Å². The van der Waals surface area contributed by atoms with E-state index in [1.807, 2.05) is 0 Å². The third kappa shape index (κ3) is 466. The van der Waals surface area contributed by atoms with Crippen LogP contribution in [-0.2, 0) is 25.8 Å². The van der Waals surface area contributed by atoms with Crippen LogP contribution >= 0.6 is 0 Å². The molecule has 0 bridgehead atoms. The first-order valence-corrected chi connectivity index (χ1v) is 3.16. The average Bonchev–Trinajstić information content (AvgIpc) is 1.27. The Morgan fingerprint density at radius 3 is 1.25 bits per heavy atom. The Hall–Kier alpha value is -0.491. The number of hydrogen-bond acceptors (Lipinski definition) is 3. The quantitative estimate of drug-likeness (QED) is 0.294. The Bertz CT molecular complexity index is 123.